The number of allylic oxidation sites excluding steroid dienone is 1. The van der Waals surface area contributed by atoms with Gasteiger partial charge in [-0.1, -0.05) is 17.7 Å². The van der Waals surface area contributed by atoms with E-state index in [9.17, 15) is 13.2 Å². The topological polar surface area (TPSA) is 69.7 Å². The van der Waals surface area contributed by atoms with Crippen molar-refractivity contribution in [2.45, 2.75) is 18.7 Å². The van der Waals surface area contributed by atoms with Crippen molar-refractivity contribution in [2.75, 3.05) is 7.11 Å². The molecule has 6 heteroatoms. The first kappa shape index (κ1) is 14.2. The second-order valence-electron chi connectivity index (χ2n) is 3.63. The standard InChI is InChI=1S/C12H14O5S/c1-9-4-6-11(7-5-9)18(14,15)17-10(2)8-12(13)16-3/h4-8H,1-3H3/b10-8-. The van der Waals surface area contributed by atoms with Crippen LogP contribution in [0.2, 0.25) is 0 Å². The fourth-order valence-corrected chi connectivity index (χ4v) is 2.13. The zero-order valence-corrected chi connectivity index (χ0v) is 11.2. The number of hydrogen-bond acceptors (Lipinski definition) is 5. The average Bonchev–Trinajstić information content (AvgIpc) is 2.28. The third-order valence-electron chi connectivity index (χ3n) is 2.07. The van der Waals surface area contributed by atoms with Gasteiger partial charge in [0.2, 0.25) is 0 Å². The average molecular weight is 270 g/mol. The molecule has 1 rings (SSSR count). The predicted octanol–water partition coefficient (Wildman–Crippen LogP) is 1.78. The van der Waals surface area contributed by atoms with E-state index in [1.165, 1.54) is 26.2 Å². The molecule has 0 heterocycles. The van der Waals surface area contributed by atoms with Gasteiger partial charge >= 0.3 is 16.1 Å². The third kappa shape index (κ3) is 3.89. The van der Waals surface area contributed by atoms with Crippen LogP contribution in [0.5, 0.6) is 0 Å². The van der Waals surface area contributed by atoms with Crippen LogP contribution in [0, 0.1) is 6.92 Å². The van der Waals surface area contributed by atoms with Crippen molar-refractivity contribution in [3.8, 4) is 0 Å². The maximum Gasteiger partial charge on any atom is 0.338 e. The Kier molecular flexibility index (Phi) is 4.49. The molecule has 0 aliphatic carbocycles. The molecule has 0 fully saturated rings. The molecule has 0 saturated heterocycles. The van der Waals surface area contributed by atoms with Gasteiger partial charge in [0.15, 0.2) is 0 Å². The van der Waals surface area contributed by atoms with E-state index in [-0.39, 0.29) is 10.7 Å². The van der Waals surface area contributed by atoms with Crippen LogP contribution in [-0.4, -0.2) is 21.5 Å². The first-order chi connectivity index (χ1) is 8.35. The number of methoxy groups -OCH3 is 1. The molecule has 0 radical (unpaired) electrons. The van der Waals surface area contributed by atoms with Crippen molar-refractivity contribution in [3.05, 3.63) is 41.7 Å². The molecule has 1 aromatic rings. The molecule has 0 atom stereocenters. The summed E-state index contributed by atoms with van der Waals surface area (Å²) >= 11 is 0. The predicted molar refractivity (Wildman–Crippen MR) is 65.2 cm³/mol. The summed E-state index contributed by atoms with van der Waals surface area (Å²) in [5.74, 6) is -0.728. The lowest BCUT2D eigenvalue weighted by Gasteiger charge is -2.07. The Labute approximate surface area is 106 Å². The van der Waals surface area contributed by atoms with Crippen molar-refractivity contribution >= 4 is 16.1 Å². The molecule has 0 N–H and O–H groups in total. The van der Waals surface area contributed by atoms with E-state index in [0.717, 1.165) is 11.6 Å². The third-order valence-corrected chi connectivity index (χ3v) is 3.40. The Morgan fingerprint density at radius 1 is 1.22 bits per heavy atom. The number of rotatable bonds is 4. The van der Waals surface area contributed by atoms with E-state index in [2.05, 4.69) is 4.74 Å². The smallest absolute Gasteiger partial charge is 0.338 e. The number of hydrogen-bond donors (Lipinski definition) is 0. The van der Waals surface area contributed by atoms with Gasteiger partial charge in [0.1, 0.15) is 10.7 Å². The Morgan fingerprint density at radius 2 is 1.78 bits per heavy atom. The number of ether oxygens (including phenoxy) is 1. The van der Waals surface area contributed by atoms with E-state index in [0.29, 0.717) is 0 Å². The van der Waals surface area contributed by atoms with Crippen LogP contribution in [0.15, 0.2) is 41.0 Å². The minimum absolute atomic E-state index is 0.0331. The largest absolute Gasteiger partial charge is 0.466 e. The molecule has 0 aromatic heterocycles. The second kappa shape index (κ2) is 5.68. The van der Waals surface area contributed by atoms with Gasteiger partial charge in [-0.25, -0.2) is 4.79 Å². The first-order valence-corrected chi connectivity index (χ1v) is 6.53. The van der Waals surface area contributed by atoms with Crippen LogP contribution in [0.3, 0.4) is 0 Å². The fourth-order valence-electron chi connectivity index (χ4n) is 1.18. The van der Waals surface area contributed by atoms with Crippen molar-refractivity contribution in [3.63, 3.8) is 0 Å². The summed E-state index contributed by atoms with van der Waals surface area (Å²) in [6.07, 6.45) is 0.964. The quantitative estimate of drug-likeness (QED) is 0.361. The summed E-state index contributed by atoms with van der Waals surface area (Å²) in [4.78, 5) is 10.9. The minimum atomic E-state index is -3.91. The highest BCUT2D eigenvalue weighted by Crippen LogP contribution is 2.16. The van der Waals surface area contributed by atoms with E-state index < -0.39 is 16.1 Å². The molecule has 0 spiro atoms. The molecule has 0 unspecified atom stereocenters. The van der Waals surface area contributed by atoms with Gasteiger partial charge in [0, 0.05) is 0 Å². The Morgan fingerprint density at radius 3 is 2.28 bits per heavy atom. The van der Waals surface area contributed by atoms with Crippen LogP contribution in [0.4, 0.5) is 0 Å². The van der Waals surface area contributed by atoms with Crippen molar-refractivity contribution < 1.29 is 22.1 Å². The van der Waals surface area contributed by atoms with Crippen molar-refractivity contribution in [2.24, 2.45) is 0 Å². The maximum atomic E-state index is 11.8. The maximum absolute atomic E-state index is 11.8. The zero-order chi connectivity index (χ0) is 13.8. The normalized spacial score (nSPS) is 12.1. The molecule has 0 bridgehead atoms. The van der Waals surface area contributed by atoms with Crippen LogP contribution in [0.1, 0.15) is 12.5 Å². The van der Waals surface area contributed by atoms with Crippen LogP contribution < -0.4 is 0 Å². The summed E-state index contributed by atoms with van der Waals surface area (Å²) in [6.45, 7) is 3.21. The van der Waals surface area contributed by atoms with Crippen molar-refractivity contribution in [1.29, 1.82) is 0 Å². The molecule has 0 amide bonds. The van der Waals surface area contributed by atoms with Gasteiger partial charge in [-0.15, -0.1) is 0 Å². The summed E-state index contributed by atoms with van der Waals surface area (Å²) < 4.78 is 32.8. The number of aryl methyl sites for hydroxylation is 1. The lowest BCUT2D eigenvalue weighted by molar-refractivity contribution is -0.135. The minimum Gasteiger partial charge on any atom is -0.466 e. The Bertz CT molecular complexity index is 555. The van der Waals surface area contributed by atoms with Gasteiger partial charge in [-0.2, -0.15) is 8.42 Å². The van der Waals surface area contributed by atoms with Gasteiger partial charge in [0.25, 0.3) is 0 Å². The molecule has 1 aromatic carbocycles. The van der Waals surface area contributed by atoms with Crippen LogP contribution in [0.25, 0.3) is 0 Å². The molecule has 98 valence electrons. The van der Waals surface area contributed by atoms with E-state index in [4.69, 9.17) is 4.18 Å². The molecular formula is C12H14O5S. The van der Waals surface area contributed by atoms with E-state index in [1.54, 1.807) is 12.1 Å². The summed E-state index contributed by atoms with van der Waals surface area (Å²) in [6, 6.07) is 6.21. The van der Waals surface area contributed by atoms with Gasteiger partial charge in [-0.05, 0) is 26.0 Å². The summed E-state index contributed by atoms with van der Waals surface area (Å²) in [5.41, 5.74) is 0.941. The first-order valence-electron chi connectivity index (χ1n) is 5.12. The van der Waals surface area contributed by atoms with E-state index >= 15 is 0 Å². The monoisotopic (exact) mass is 270 g/mol. The van der Waals surface area contributed by atoms with Gasteiger partial charge < -0.3 is 8.92 Å². The highest BCUT2D eigenvalue weighted by atomic mass is 32.2. The Hall–Kier alpha value is -1.82. The molecular weight excluding hydrogens is 256 g/mol. The lowest BCUT2D eigenvalue weighted by atomic mass is 10.2. The van der Waals surface area contributed by atoms with Gasteiger partial charge in [-0.3, -0.25) is 0 Å². The van der Waals surface area contributed by atoms with Crippen LogP contribution >= 0.6 is 0 Å². The molecule has 5 nitrogen and oxygen atoms in total. The number of carbonyl (C=O) groups excluding carboxylic acids is 1. The number of esters is 1. The highest BCUT2D eigenvalue weighted by Gasteiger charge is 2.16. The molecule has 0 saturated carbocycles. The summed E-state index contributed by atoms with van der Waals surface area (Å²) in [5, 5.41) is 0. The zero-order valence-electron chi connectivity index (χ0n) is 10.3. The number of benzene rings is 1. The molecule has 18 heavy (non-hydrogen) atoms. The molecule has 0 aliphatic rings. The van der Waals surface area contributed by atoms with Crippen molar-refractivity contribution in [1.82, 2.24) is 0 Å². The fraction of sp³-hybridized carbons (Fsp3) is 0.250. The van der Waals surface area contributed by atoms with E-state index in [1.807, 2.05) is 6.92 Å². The SMILES string of the molecule is COC(=O)/C=C(/C)OS(=O)(=O)c1ccc(C)cc1. The second-order valence-corrected chi connectivity index (χ2v) is 5.17. The summed E-state index contributed by atoms with van der Waals surface area (Å²) in [7, 11) is -2.71. The van der Waals surface area contributed by atoms with Crippen LogP contribution in [-0.2, 0) is 23.8 Å². The number of carbonyl (C=O) groups is 1. The molecule has 0 aliphatic heterocycles. The van der Waals surface area contributed by atoms with Gasteiger partial charge in [0.05, 0.1) is 13.2 Å². The highest BCUT2D eigenvalue weighted by molar-refractivity contribution is 7.86. The lowest BCUT2D eigenvalue weighted by Crippen LogP contribution is -2.06. The Balaban J connectivity index is 2.92.